The molecule has 0 aliphatic heterocycles. The van der Waals surface area contributed by atoms with E-state index >= 15 is 0 Å². The molecule has 0 spiro atoms. The maximum Gasteiger partial charge on any atom is 0.257 e. The zero-order valence-corrected chi connectivity index (χ0v) is 11.5. The first-order chi connectivity index (χ1) is 8.97. The summed E-state index contributed by atoms with van der Waals surface area (Å²) in [5.74, 6) is -0.325. The number of aromatic nitrogens is 1. The Morgan fingerprint density at radius 2 is 1.89 bits per heavy atom. The van der Waals surface area contributed by atoms with Gasteiger partial charge in [0.2, 0.25) is 5.56 Å². The Morgan fingerprint density at radius 3 is 2.53 bits per heavy atom. The monoisotopic (exact) mass is 296 g/mol. The summed E-state index contributed by atoms with van der Waals surface area (Å²) in [6.07, 6.45) is 1.47. The number of aryl methyl sites for hydroxylation is 1. The van der Waals surface area contributed by atoms with Crippen molar-refractivity contribution in [3.05, 3.63) is 62.5 Å². The number of rotatable bonds is 2. The first-order valence-electron chi connectivity index (χ1n) is 5.40. The number of nitrogens with one attached hydrogen (secondary N) is 1. The highest BCUT2D eigenvalue weighted by Crippen LogP contribution is 2.25. The molecule has 98 valence electrons. The van der Waals surface area contributed by atoms with Crippen LogP contribution < -0.4 is 10.9 Å². The van der Waals surface area contributed by atoms with E-state index in [1.165, 1.54) is 22.9 Å². The van der Waals surface area contributed by atoms with Crippen molar-refractivity contribution in [3.8, 4) is 0 Å². The van der Waals surface area contributed by atoms with Crippen molar-refractivity contribution in [1.82, 2.24) is 4.57 Å². The molecule has 1 N–H and O–H groups in total. The fourth-order valence-electron chi connectivity index (χ4n) is 1.51. The third kappa shape index (κ3) is 3.16. The number of nitrogens with zero attached hydrogens (tertiary/aromatic N) is 1. The summed E-state index contributed by atoms with van der Waals surface area (Å²) >= 11 is 11.7. The van der Waals surface area contributed by atoms with E-state index in [0.717, 1.165) is 0 Å². The maximum absolute atomic E-state index is 12.0. The molecule has 1 heterocycles. The van der Waals surface area contributed by atoms with E-state index in [0.29, 0.717) is 21.3 Å². The van der Waals surface area contributed by atoms with Crippen molar-refractivity contribution in [2.75, 3.05) is 5.32 Å². The van der Waals surface area contributed by atoms with Gasteiger partial charge in [-0.05, 0) is 24.3 Å². The molecule has 19 heavy (non-hydrogen) atoms. The van der Waals surface area contributed by atoms with Crippen molar-refractivity contribution >= 4 is 34.8 Å². The summed E-state index contributed by atoms with van der Waals surface area (Å²) in [6, 6.07) is 7.61. The number of halogens is 2. The third-order valence-corrected chi connectivity index (χ3v) is 3.26. The van der Waals surface area contributed by atoms with E-state index in [1.54, 1.807) is 25.2 Å². The van der Waals surface area contributed by atoms with Gasteiger partial charge < -0.3 is 9.88 Å². The Balaban J connectivity index is 2.22. The smallest absolute Gasteiger partial charge is 0.257 e. The van der Waals surface area contributed by atoms with Crippen molar-refractivity contribution in [2.24, 2.45) is 7.05 Å². The molecule has 0 radical (unpaired) electrons. The predicted molar refractivity (Wildman–Crippen MR) is 76.1 cm³/mol. The van der Waals surface area contributed by atoms with Crippen LogP contribution in [0.15, 0.2) is 41.3 Å². The average Bonchev–Trinajstić information content (AvgIpc) is 2.37. The molecule has 2 rings (SSSR count). The van der Waals surface area contributed by atoms with Gasteiger partial charge in [0.25, 0.3) is 5.91 Å². The van der Waals surface area contributed by atoms with E-state index in [9.17, 15) is 9.59 Å². The van der Waals surface area contributed by atoms with Gasteiger partial charge in [0.1, 0.15) is 0 Å². The lowest BCUT2D eigenvalue weighted by atomic mass is 10.2. The summed E-state index contributed by atoms with van der Waals surface area (Å²) in [7, 11) is 1.58. The lowest BCUT2D eigenvalue weighted by molar-refractivity contribution is 0.102. The molecule has 6 heteroatoms. The molecule has 0 bridgehead atoms. The number of carbonyl (C=O) groups excluding carboxylic acids is 1. The van der Waals surface area contributed by atoms with E-state index in [4.69, 9.17) is 23.2 Å². The van der Waals surface area contributed by atoms with Gasteiger partial charge >= 0.3 is 0 Å². The van der Waals surface area contributed by atoms with Gasteiger partial charge in [0.15, 0.2) is 0 Å². The molecule has 1 aromatic carbocycles. The Bertz CT molecular complexity index is 695. The van der Waals surface area contributed by atoms with E-state index in [2.05, 4.69) is 5.32 Å². The zero-order valence-electron chi connectivity index (χ0n) is 9.98. The van der Waals surface area contributed by atoms with Crippen LogP contribution in [0.1, 0.15) is 10.4 Å². The van der Waals surface area contributed by atoms with Crippen LogP contribution in [0.3, 0.4) is 0 Å². The SMILES string of the molecule is Cn1cc(C(=O)Nc2ccc(Cl)c(Cl)c2)ccc1=O. The van der Waals surface area contributed by atoms with Gasteiger partial charge in [-0.2, -0.15) is 0 Å². The minimum absolute atomic E-state index is 0.175. The normalized spacial score (nSPS) is 10.3. The Hall–Kier alpha value is -1.78. The highest BCUT2D eigenvalue weighted by Gasteiger charge is 2.08. The van der Waals surface area contributed by atoms with Crippen molar-refractivity contribution < 1.29 is 4.79 Å². The number of anilines is 1. The van der Waals surface area contributed by atoms with Crippen LogP contribution in [0.5, 0.6) is 0 Å². The van der Waals surface area contributed by atoms with E-state index in [-0.39, 0.29) is 11.5 Å². The van der Waals surface area contributed by atoms with Gasteiger partial charge in [-0.15, -0.1) is 0 Å². The summed E-state index contributed by atoms with van der Waals surface area (Å²) in [5, 5.41) is 3.45. The van der Waals surface area contributed by atoms with Gasteiger partial charge in [0, 0.05) is 25.0 Å². The second-order valence-corrected chi connectivity index (χ2v) is 4.76. The number of benzene rings is 1. The van der Waals surface area contributed by atoms with Gasteiger partial charge in [0.05, 0.1) is 15.6 Å². The van der Waals surface area contributed by atoms with Crippen molar-refractivity contribution in [3.63, 3.8) is 0 Å². The fourth-order valence-corrected chi connectivity index (χ4v) is 1.80. The average molecular weight is 297 g/mol. The molecule has 1 amide bonds. The molecule has 4 nitrogen and oxygen atoms in total. The second-order valence-electron chi connectivity index (χ2n) is 3.95. The maximum atomic E-state index is 12.0. The highest BCUT2D eigenvalue weighted by atomic mass is 35.5. The zero-order chi connectivity index (χ0) is 14.0. The highest BCUT2D eigenvalue weighted by molar-refractivity contribution is 6.42. The molecule has 0 unspecified atom stereocenters. The molecular formula is C13H10Cl2N2O2. The molecule has 0 saturated carbocycles. The van der Waals surface area contributed by atoms with Crippen LogP contribution in [-0.4, -0.2) is 10.5 Å². The minimum atomic E-state index is -0.325. The predicted octanol–water partition coefficient (Wildman–Crippen LogP) is 2.94. The van der Waals surface area contributed by atoms with Crippen LogP contribution in [0.2, 0.25) is 10.0 Å². The van der Waals surface area contributed by atoms with Gasteiger partial charge in [-0.1, -0.05) is 23.2 Å². The standard InChI is InChI=1S/C13H10Cl2N2O2/c1-17-7-8(2-5-12(17)18)13(19)16-9-3-4-10(14)11(15)6-9/h2-7H,1H3,(H,16,19). The number of carbonyl (C=O) groups is 1. The number of amides is 1. The summed E-state index contributed by atoms with van der Waals surface area (Å²) in [4.78, 5) is 23.2. The third-order valence-electron chi connectivity index (χ3n) is 2.53. The van der Waals surface area contributed by atoms with Crippen molar-refractivity contribution in [1.29, 1.82) is 0 Å². The number of hydrogen-bond donors (Lipinski definition) is 1. The van der Waals surface area contributed by atoms with Gasteiger partial charge in [-0.25, -0.2) is 0 Å². The molecule has 0 aliphatic rings. The van der Waals surface area contributed by atoms with Crippen LogP contribution in [0, 0.1) is 0 Å². The van der Waals surface area contributed by atoms with E-state index in [1.807, 2.05) is 0 Å². The van der Waals surface area contributed by atoms with Crippen LogP contribution >= 0.6 is 23.2 Å². The van der Waals surface area contributed by atoms with Crippen molar-refractivity contribution in [2.45, 2.75) is 0 Å². The Morgan fingerprint density at radius 1 is 1.16 bits per heavy atom. The second kappa shape index (κ2) is 5.47. The largest absolute Gasteiger partial charge is 0.322 e. The Labute approximate surface area is 119 Å². The number of hydrogen-bond acceptors (Lipinski definition) is 2. The lowest BCUT2D eigenvalue weighted by Gasteiger charge is -2.07. The molecule has 1 aromatic heterocycles. The fraction of sp³-hybridized carbons (Fsp3) is 0.0769. The molecule has 0 saturated heterocycles. The first kappa shape index (κ1) is 13.6. The first-order valence-corrected chi connectivity index (χ1v) is 6.16. The minimum Gasteiger partial charge on any atom is -0.322 e. The summed E-state index contributed by atoms with van der Waals surface area (Å²) in [6.45, 7) is 0. The summed E-state index contributed by atoms with van der Waals surface area (Å²) < 4.78 is 1.34. The quantitative estimate of drug-likeness (QED) is 0.926. The molecule has 0 fully saturated rings. The lowest BCUT2D eigenvalue weighted by Crippen LogP contribution is -2.19. The topological polar surface area (TPSA) is 51.1 Å². The van der Waals surface area contributed by atoms with Crippen LogP contribution in [-0.2, 0) is 7.05 Å². The Kier molecular flexibility index (Phi) is 3.93. The van der Waals surface area contributed by atoms with Crippen LogP contribution in [0.4, 0.5) is 5.69 Å². The summed E-state index contributed by atoms with van der Waals surface area (Å²) in [5.41, 5.74) is 0.743. The molecular weight excluding hydrogens is 287 g/mol. The van der Waals surface area contributed by atoms with Crippen LogP contribution in [0.25, 0.3) is 0 Å². The molecule has 2 aromatic rings. The molecule has 0 aliphatic carbocycles. The van der Waals surface area contributed by atoms with Gasteiger partial charge in [-0.3, -0.25) is 9.59 Å². The molecule has 0 atom stereocenters. The number of pyridine rings is 1. The van der Waals surface area contributed by atoms with E-state index < -0.39 is 0 Å².